The second kappa shape index (κ2) is 2.99. The van der Waals surface area contributed by atoms with E-state index in [1.807, 2.05) is 0 Å². The smallest absolute Gasteiger partial charge is 0.249 e. The molecule has 4 nitrogen and oxygen atoms in total. The van der Waals surface area contributed by atoms with Gasteiger partial charge in [0.15, 0.2) is 5.11 Å². The Morgan fingerprint density at radius 1 is 1.58 bits per heavy atom. The zero-order valence-corrected chi connectivity index (χ0v) is 7.32. The molecule has 0 spiro atoms. The Morgan fingerprint density at radius 2 is 2.42 bits per heavy atom. The molecule has 66 valence electrons. The molecule has 2 atom stereocenters. The molecule has 0 bridgehead atoms. The molecule has 2 heterocycles. The fourth-order valence-corrected chi connectivity index (χ4v) is 1.81. The minimum absolute atomic E-state index is 0.0181. The summed E-state index contributed by atoms with van der Waals surface area (Å²) in [6.45, 7) is 1.41. The maximum absolute atomic E-state index is 11.3. The van der Waals surface area contributed by atoms with Crippen LogP contribution in [0.25, 0.3) is 0 Å². The van der Waals surface area contributed by atoms with Gasteiger partial charge in [-0.3, -0.25) is 4.79 Å². The van der Waals surface area contributed by atoms with Gasteiger partial charge in [0.1, 0.15) is 6.04 Å². The normalized spacial score (nSPS) is 35.0. The monoisotopic (exact) mass is 186 g/mol. The highest BCUT2D eigenvalue weighted by molar-refractivity contribution is 7.80. The van der Waals surface area contributed by atoms with Crippen molar-refractivity contribution in [3.05, 3.63) is 0 Å². The van der Waals surface area contributed by atoms with E-state index < -0.39 is 0 Å². The van der Waals surface area contributed by atoms with Crippen molar-refractivity contribution in [1.82, 2.24) is 10.6 Å². The Morgan fingerprint density at radius 3 is 2.92 bits per heavy atom. The van der Waals surface area contributed by atoms with E-state index in [1.165, 1.54) is 0 Å². The van der Waals surface area contributed by atoms with Crippen LogP contribution in [0.4, 0.5) is 0 Å². The Bertz CT molecular complexity index is 225. The molecule has 1 amide bonds. The summed E-state index contributed by atoms with van der Waals surface area (Å²) in [5.74, 6) is 0.265. The van der Waals surface area contributed by atoms with Gasteiger partial charge in [-0.1, -0.05) is 0 Å². The van der Waals surface area contributed by atoms with E-state index in [1.54, 1.807) is 0 Å². The van der Waals surface area contributed by atoms with Gasteiger partial charge < -0.3 is 15.4 Å². The SMILES string of the molecule is O=C1NC(=S)NC1C1CCOC1. The van der Waals surface area contributed by atoms with Crippen molar-refractivity contribution in [3.8, 4) is 0 Å². The first-order valence-electron chi connectivity index (χ1n) is 3.96. The molecule has 2 unspecified atom stereocenters. The predicted molar refractivity (Wildman–Crippen MR) is 46.6 cm³/mol. The molecule has 5 heteroatoms. The van der Waals surface area contributed by atoms with Gasteiger partial charge in [0, 0.05) is 12.5 Å². The van der Waals surface area contributed by atoms with Crippen LogP contribution in [0.1, 0.15) is 6.42 Å². The van der Waals surface area contributed by atoms with E-state index in [2.05, 4.69) is 10.6 Å². The number of amides is 1. The molecule has 2 rings (SSSR count). The molecule has 2 saturated heterocycles. The molecule has 12 heavy (non-hydrogen) atoms. The number of hydrogen-bond acceptors (Lipinski definition) is 3. The zero-order chi connectivity index (χ0) is 8.55. The summed E-state index contributed by atoms with van der Waals surface area (Å²) in [6, 6.07) is -0.167. The average Bonchev–Trinajstić information content (AvgIpc) is 2.58. The van der Waals surface area contributed by atoms with Crippen molar-refractivity contribution in [1.29, 1.82) is 0 Å². The van der Waals surface area contributed by atoms with Crippen molar-refractivity contribution >= 4 is 23.2 Å². The summed E-state index contributed by atoms with van der Waals surface area (Å²) in [4.78, 5) is 11.3. The first-order valence-corrected chi connectivity index (χ1v) is 4.37. The Balaban J connectivity index is 2.03. The summed E-state index contributed by atoms with van der Waals surface area (Å²) in [6.07, 6.45) is 0.938. The summed E-state index contributed by atoms with van der Waals surface area (Å²) < 4.78 is 5.19. The second-order valence-corrected chi connectivity index (χ2v) is 3.47. The summed E-state index contributed by atoms with van der Waals surface area (Å²) in [5.41, 5.74) is 0. The second-order valence-electron chi connectivity index (χ2n) is 3.06. The number of rotatable bonds is 1. The van der Waals surface area contributed by atoms with Crippen LogP contribution in [0.5, 0.6) is 0 Å². The van der Waals surface area contributed by atoms with Gasteiger partial charge in [0.25, 0.3) is 0 Å². The minimum Gasteiger partial charge on any atom is -0.381 e. The van der Waals surface area contributed by atoms with Gasteiger partial charge >= 0.3 is 0 Å². The van der Waals surface area contributed by atoms with Crippen LogP contribution < -0.4 is 10.6 Å². The van der Waals surface area contributed by atoms with Gasteiger partial charge in [-0.15, -0.1) is 0 Å². The van der Waals surface area contributed by atoms with Gasteiger partial charge in [-0.05, 0) is 18.6 Å². The van der Waals surface area contributed by atoms with Crippen LogP contribution in [0.15, 0.2) is 0 Å². The highest BCUT2D eigenvalue weighted by Crippen LogP contribution is 2.18. The van der Waals surface area contributed by atoms with Gasteiger partial charge in [0.05, 0.1) is 6.61 Å². The first-order chi connectivity index (χ1) is 5.77. The standard InChI is InChI=1S/C7H10N2O2S/c10-6-5(8-7(12)9-6)4-1-2-11-3-4/h4-5H,1-3H2,(H2,8,9,10,12). The van der Waals surface area contributed by atoms with Gasteiger partial charge in [0.2, 0.25) is 5.91 Å². The topological polar surface area (TPSA) is 50.4 Å². The highest BCUT2D eigenvalue weighted by Gasteiger charge is 2.36. The predicted octanol–water partition coefficient (Wildman–Crippen LogP) is -0.604. The fraction of sp³-hybridized carbons (Fsp3) is 0.714. The Labute approximate surface area is 75.7 Å². The van der Waals surface area contributed by atoms with Gasteiger partial charge in [-0.2, -0.15) is 0 Å². The molecule has 0 aromatic rings. The van der Waals surface area contributed by atoms with Crippen molar-refractivity contribution in [2.24, 2.45) is 5.92 Å². The van der Waals surface area contributed by atoms with E-state index in [4.69, 9.17) is 17.0 Å². The van der Waals surface area contributed by atoms with Crippen molar-refractivity contribution in [2.45, 2.75) is 12.5 Å². The lowest BCUT2D eigenvalue weighted by Gasteiger charge is -2.12. The van der Waals surface area contributed by atoms with E-state index in [0.717, 1.165) is 13.0 Å². The van der Waals surface area contributed by atoms with E-state index in [9.17, 15) is 4.79 Å². The van der Waals surface area contributed by atoms with E-state index >= 15 is 0 Å². The molecule has 2 N–H and O–H groups in total. The molecule has 0 aromatic heterocycles. The van der Waals surface area contributed by atoms with E-state index in [-0.39, 0.29) is 17.9 Å². The molecule has 0 radical (unpaired) electrons. The molecular weight excluding hydrogens is 176 g/mol. The Kier molecular flexibility index (Phi) is 1.98. The number of thiocarbonyl (C=S) groups is 1. The summed E-state index contributed by atoms with van der Waals surface area (Å²) in [7, 11) is 0. The quantitative estimate of drug-likeness (QED) is 0.537. The summed E-state index contributed by atoms with van der Waals surface area (Å²) >= 11 is 4.82. The fourth-order valence-electron chi connectivity index (χ4n) is 1.58. The average molecular weight is 186 g/mol. The molecule has 0 aliphatic carbocycles. The number of carbonyl (C=O) groups excluding carboxylic acids is 1. The third kappa shape index (κ3) is 1.30. The molecule has 0 aromatic carbocycles. The van der Waals surface area contributed by atoms with Crippen LogP contribution in [0.3, 0.4) is 0 Å². The van der Waals surface area contributed by atoms with Crippen LogP contribution in [0.2, 0.25) is 0 Å². The largest absolute Gasteiger partial charge is 0.381 e. The van der Waals surface area contributed by atoms with E-state index in [0.29, 0.717) is 11.7 Å². The van der Waals surface area contributed by atoms with Crippen molar-refractivity contribution in [3.63, 3.8) is 0 Å². The molecule has 2 fully saturated rings. The van der Waals surface area contributed by atoms with Crippen LogP contribution in [-0.4, -0.2) is 30.3 Å². The lowest BCUT2D eigenvalue weighted by Crippen LogP contribution is -2.37. The van der Waals surface area contributed by atoms with Crippen LogP contribution in [0, 0.1) is 5.92 Å². The van der Waals surface area contributed by atoms with Crippen LogP contribution >= 0.6 is 12.2 Å². The first kappa shape index (κ1) is 7.94. The maximum atomic E-state index is 11.3. The number of ether oxygens (including phenoxy) is 1. The number of nitrogens with one attached hydrogen (secondary N) is 2. The highest BCUT2D eigenvalue weighted by atomic mass is 32.1. The molecule has 2 aliphatic heterocycles. The molecule has 0 saturated carbocycles. The lowest BCUT2D eigenvalue weighted by molar-refractivity contribution is -0.121. The number of carbonyl (C=O) groups is 1. The third-order valence-corrected chi connectivity index (χ3v) is 2.46. The maximum Gasteiger partial charge on any atom is 0.249 e. The summed E-state index contributed by atoms with van der Waals surface area (Å²) in [5, 5.41) is 5.95. The lowest BCUT2D eigenvalue weighted by atomic mass is 10.00. The minimum atomic E-state index is -0.167. The Hall–Kier alpha value is -0.680. The van der Waals surface area contributed by atoms with Gasteiger partial charge in [-0.25, -0.2) is 0 Å². The molecule has 2 aliphatic rings. The molecular formula is C7H10N2O2S. The van der Waals surface area contributed by atoms with Crippen molar-refractivity contribution in [2.75, 3.05) is 13.2 Å². The zero-order valence-electron chi connectivity index (χ0n) is 6.50. The third-order valence-electron chi connectivity index (χ3n) is 2.24. The number of hydrogen-bond donors (Lipinski definition) is 2. The van der Waals surface area contributed by atoms with Crippen LogP contribution in [-0.2, 0) is 9.53 Å². The van der Waals surface area contributed by atoms with Crippen molar-refractivity contribution < 1.29 is 9.53 Å².